The van der Waals surface area contributed by atoms with Gasteiger partial charge in [-0.25, -0.2) is 4.99 Å². The highest BCUT2D eigenvalue weighted by Crippen LogP contribution is 2.28. The Morgan fingerprint density at radius 3 is 2.70 bits per heavy atom. The molecule has 0 radical (unpaired) electrons. The second-order valence-electron chi connectivity index (χ2n) is 7.19. The van der Waals surface area contributed by atoms with E-state index in [4.69, 9.17) is 14.5 Å². The van der Waals surface area contributed by atoms with Crippen LogP contribution in [-0.2, 0) is 11.3 Å². The van der Waals surface area contributed by atoms with Gasteiger partial charge in [-0.3, -0.25) is 4.90 Å². The first-order valence-electron chi connectivity index (χ1n) is 10.4. The van der Waals surface area contributed by atoms with Gasteiger partial charge in [-0.15, -0.1) is 11.3 Å². The molecule has 1 atom stereocenters. The van der Waals surface area contributed by atoms with E-state index in [0.29, 0.717) is 12.3 Å². The zero-order valence-corrected chi connectivity index (χ0v) is 18.8. The number of nitrogens with one attached hydrogen (secondary N) is 2. The standard InChI is InChI=1S/C22H32N4O3S/c1-4-23-22(24-14-17-6-7-20(28-3)19(27)13-17)25-15-18(21-8-5-16(2)30-21)26-9-11-29-12-10-26/h5-8,13,18,27H,4,9-12,14-15H2,1-3H3,(H2,23,24,25). The summed E-state index contributed by atoms with van der Waals surface area (Å²) in [5, 5.41) is 16.8. The Labute approximate surface area is 182 Å². The quantitative estimate of drug-likeness (QED) is 0.440. The summed E-state index contributed by atoms with van der Waals surface area (Å²) < 4.78 is 10.7. The van der Waals surface area contributed by atoms with Crippen molar-refractivity contribution in [3.63, 3.8) is 0 Å². The van der Waals surface area contributed by atoms with Crippen LogP contribution in [0.4, 0.5) is 0 Å². The van der Waals surface area contributed by atoms with Crippen LogP contribution in [0.1, 0.15) is 28.3 Å². The second kappa shape index (κ2) is 11.2. The molecule has 164 valence electrons. The molecule has 1 saturated heterocycles. The van der Waals surface area contributed by atoms with Crippen LogP contribution in [0, 0.1) is 6.92 Å². The van der Waals surface area contributed by atoms with E-state index in [2.05, 4.69) is 41.5 Å². The van der Waals surface area contributed by atoms with Crippen molar-refractivity contribution in [3.05, 3.63) is 45.6 Å². The normalized spacial score (nSPS) is 16.3. The number of ether oxygens (including phenoxy) is 2. The molecule has 0 aliphatic carbocycles. The van der Waals surface area contributed by atoms with Gasteiger partial charge in [0.25, 0.3) is 0 Å². The van der Waals surface area contributed by atoms with Gasteiger partial charge < -0.3 is 25.2 Å². The fraction of sp³-hybridized carbons (Fsp3) is 0.500. The number of phenols is 1. The van der Waals surface area contributed by atoms with Gasteiger partial charge in [-0.1, -0.05) is 6.07 Å². The largest absolute Gasteiger partial charge is 0.504 e. The number of thiophene rings is 1. The zero-order chi connectivity index (χ0) is 21.3. The van der Waals surface area contributed by atoms with Crippen LogP contribution in [0.5, 0.6) is 11.5 Å². The maximum Gasteiger partial charge on any atom is 0.191 e. The number of aromatic hydroxyl groups is 1. The Kier molecular flexibility index (Phi) is 8.36. The number of rotatable bonds is 8. The Morgan fingerprint density at radius 1 is 1.27 bits per heavy atom. The van der Waals surface area contributed by atoms with Gasteiger partial charge in [0.05, 0.1) is 32.9 Å². The molecule has 30 heavy (non-hydrogen) atoms. The molecular formula is C22H32N4O3S. The van der Waals surface area contributed by atoms with Crippen LogP contribution >= 0.6 is 11.3 Å². The van der Waals surface area contributed by atoms with Crippen LogP contribution in [0.2, 0.25) is 0 Å². The molecule has 7 nitrogen and oxygen atoms in total. The third-order valence-corrected chi connectivity index (χ3v) is 6.15. The summed E-state index contributed by atoms with van der Waals surface area (Å²) in [6.45, 7) is 9.62. The van der Waals surface area contributed by atoms with Crippen LogP contribution in [0.15, 0.2) is 35.3 Å². The van der Waals surface area contributed by atoms with Crippen molar-refractivity contribution >= 4 is 17.3 Å². The maximum atomic E-state index is 9.99. The van der Waals surface area contributed by atoms with E-state index in [1.165, 1.54) is 9.75 Å². The Bertz CT molecular complexity index is 834. The second-order valence-corrected chi connectivity index (χ2v) is 8.51. The number of morpholine rings is 1. The van der Waals surface area contributed by atoms with Crippen LogP contribution in [0.3, 0.4) is 0 Å². The van der Waals surface area contributed by atoms with Gasteiger partial charge in [0, 0.05) is 35.9 Å². The minimum atomic E-state index is 0.128. The van der Waals surface area contributed by atoms with Crippen molar-refractivity contribution in [1.82, 2.24) is 15.5 Å². The monoisotopic (exact) mass is 432 g/mol. The molecule has 0 saturated carbocycles. The first-order chi connectivity index (χ1) is 14.6. The lowest BCUT2D eigenvalue weighted by Crippen LogP contribution is -2.46. The molecule has 1 unspecified atom stereocenters. The summed E-state index contributed by atoms with van der Waals surface area (Å²) in [6.07, 6.45) is 0. The highest BCUT2D eigenvalue weighted by Gasteiger charge is 2.24. The summed E-state index contributed by atoms with van der Waals surface area (Å²) >= 11 is 1.85. The SMILES string of the molecule is CCNC(=NCc1ccc(OC)c(O)c1)NCC(c1ccc(C)s1)N1CCOCC1. The molecule has 1 aromatic heterocycles. The molecule has 1 aromatic carbocycles. The lowest BCUT2D eigenvalue weighted by molar-refractivity contribution is 0.0177. The number of aryl methyl sites for hydroxylation is 1. The minimum absolute atomic E-state index is 0.128. The molecule has 0 spiro atoms. The number of aliphatic imine (C=N–C) groups is 1. The van der Waals surface area contributed by atoms with Crippen molar-refractivity contribution in [2.45, 2.75) is 26.4 Å². The summed E-state index contributed by atoms with van der Waals surface area (Å²) in [4.78, 5) is 9.86. The number of hydrogen-bond acceptors (Lipinski definition) is 6. The summed E-state index contributed by atoms with van der Waals surface area (Å²) in [5.74, 6) is 1.36. The summed E-state index contributed by atoms with van der Waals surface area (Å²) in [6, 6.07) is 10.1. The molecule has 0 amide bonds. The van der Waals surface area contributed by atoms with Crippen LogP contribution in [-0.4, -0.2) is 62.5 Å². The maximum absolute atomic E-state index is 9.99. The van der Waals surface area contributed by atoms with Gasteiger partial charge in [0.1, 0.15) is 0 Å². The number of phenolic OH excluding ortho intramolecular Hbond substituents is 1. The van der Waals surface area contributed by atoms with Gasteiger partial charge in [-0.2, -0.15) is 0 Å². The Hall–Kier alpha value is -2.29. The zero-order valence-electron chi connectivity index (χ0n) is 18.0. The molecule has 0 bridgehead atoms. The van der Waals surface area contributed by atoms with E-state index < -0.39 is 0 Å². The molecule has 1 fully saturated rings. The number of nitrogens with zero attached hydrogens (tertiary/aromatic N) is 2. The molecule has 1 aliphatic rings. The van der Waals surface area contributed by atoms with E-state index in [1.807, 2.05) is 17.4 Å². The molecule has 2 heterocycles. The van der Waals surface area contributed by atoms with Gasteiger partial charge in [0.2, 0.25) is 0 Å². The van der Waals surface area contributed by atoms with Crippen molar-refractivity contribution in [1.29, 1.82) is 0 Å². The van der Waals surface area contributed by atoms with E-state index in [9.17, 15) is 5.11 Å². The smallest absolute Gasteiger partial charge is 0.191 e. The highest BCUT2D eigenvalue weighted by molar-refractivity contribution is 7.12. The number of methoxy groups -OCH3 is 1. The predicted molar refractivity (Wildman–Crippen MR) is 122 cm³/mol. The van der Waals surface area contributed by atoms with E-state index in [-0.39, 0.29) is 11.8 Å². The lowest BCUT2D eigenvalue weighted by atomic mass is 10.2. The van der Waals surface area contributed by atoms with Gasteiger partial charge >= 0.3 is 0 Å². The third-order valence-electron chi connectivity index (χ3n) is 5.05. The molecule has 3 rings (SSSR count). The average Bonchev–Trinajstić information content (AvgIpc) is 3.19. The Balaban J connectivity index is 1.68. The van der Waals surface area contributed by atoms with Crippen molar-refractivity contribution in [2.24, 2.45) is 4.99 Å². The van der Waals surface area contributed by atoms with Gasteiger partial charge in [-0.05, 0) is 43.7 Å². The lowest BCUT2D eigenvalue weighted by Gasteiger charge is -2.34. The highest BCUT2D eigenvalue weighted by atomic mass is 32.1. The predicted octanol–water partition coefficient (Wildman–Crippen LogP) is 2.90. The topological polar surface area (TPSA) is 78.4 Å². The first kappa shape index (κ1) is 22.4. The van der Waals surface area contributed by atoms with Crippen molar-refractivity contribution in [2.75, 3.05) is 46.5 Å². The minimum Gasteiger partial charge on any atom is -0.504 e. The van der Waals surface area contributed by atoms with E-state index in [1.54, 1.807) is 19.2 Å². The average molecular weight is 433 g/mol. The number of benzene rings is 1. The summed E-state index contributed by atoms with van der Waals surface area (Å²) in [5.41, 5.74) is 0.920. The molecule has 3 N–H and O–H groups in total. The third kappa shape index (κ3) is 6.10. The molecular weight excluding hydrogens is 400 g/mol. The molecule has 8 heteroatoms. The molecule has 2 aromatic rings. The molecule has 1 aliphatic heterocycles. The summed E-state index contributed by atoms with van der Waals surface area (Å²) in [7, 11) is 1.54. The van der Waals surface area contributed by atoms with E-state index in [0.717, 1.165) is 50.9 Å². The number of guanidine groups is 1. The van der Waals surface area contributed by atoms with Crippen molar-refractivity contribution < 1.29 is 14.6 Å². The van der Waals surface area contributed by atoms with Crippen molar-refractivity contribution in [3.8, 4) is 11.5 Å². The van der Waals surface area contributed by atoms with Crippen LogP contribution in [0.25, 0.3) is 0 Å². The fourth-order valence-electron chi connectivity index (χ4n) is 3.47. The van der Waals surface area contributed by atoms with E-state index >= 15 is 0 Å². The Morgan fingerprint density at radius 2 is 2.07 bits per heavy atom. The van der Waals surface area contributed by atoms with Crippen LogP contribution < -0.4 is 15.4 Å². The van der Waals surface area contributed by atoms with Gasteiger partial charge in [0.15, 0.2) is 17.5 Å². The number of hydrogen-bond donors (Lipinski definition) is 3. The fourth-order valence-corrected chi connectivity index (χ4v) is 4.48. The first-order valence-corrected chi connectivity index (χ1v) is 11.2.